The van der Waals surface area contributed by atoms with Gasteiger partial charge in [0.25, 0.3) is 0 Å². The molecule has 1 aromatic heterocycles. The molecule has 0 spiro atoms. The van der Waals surface area contributed by atoms with E-state index in [0.717, 1.165) is 11.4 Å². The van der Waals surface area contributed by atoms with E-state index in [1.165, 1.54) is 54.6 Å². The van der Waals surface area contributed by atoms with Gasteiger partial charge in [0.05, 0.1) is 0 Å². The summed E-state index contributed by atoms with van der Waals surface area (Å²) in [6.45, 7) is 0. The van der Waals surface area contributed by atoms with Crippen LogP contribution in [0.15, 0.2) is 128 Å². The van der Waals surface area contributed by atoms with Gasteiger partial charge in [-0.15, -0.1) is 0 Å². The lowest BCUT2D eigenvalue weighted by molar-refractivity contribution is 1.31. The Balaban J connectivity index is 1.57. The summed E-state index contributed by atoms with van der Waals surface area (Å²) in [6, 6.07) is 41.6. The van der Waals surface area contributed by atoms with Crippen molar-refractivity contribution in [3.63, 3.8) is 0 Å². The number of hydrogen-bond acceptors (Lipinski definition) is 1. The van der Waals surface area contributed by atoms with E-state index in [4.69, 9.17) is 0 Å². The van der Waals surface area contributed by atoms with E-state index < -0.39 is 0 Å². The van der Waals surface area contributed by atoms with Crippen LogP contribution in [0.2, 0.25) is 0 Å². The highest BCUT2D eigenvalue weighted by atomic mass is 14.9. The number of aromatic nitrogens is 2. The summed E-state index contributed by atoms with van der Waals surface area (Å²) in [4.78, 5) is 7.60. The smallest absolute Gasteiger partial charge is 0.137 e. The molecule has 35 heavy (non-hydrogen) atoms. The first-order chi connectivity index (χ1) is 17.4. The molecule has 7 aromatic rings. The number of benzene rings is 6. The number of imidazole rings is 1. The van der Waals surface area contributed by atoms with Crippen LogP contribution in [0.4, 0.5) is 0 Å². The SMILES string of the molecule is c1ccc2c(-c3c4ccccc4c(-c4ccc(-c5ncc[nH]5)cc4)c4ccccc34)cccc2c1. The van der Waals surface area contributed by atoms with Crippen molar-refractivity contribution in [1.82, 2.24) is 9.97 Å². The summed E-state index contributed by atoms with van der Waals surface area (Å²) < 4.78 is 0. The zero-order chi connectivity index (χ0) is 23.2. The summed E-state index contributed by atoms with van der Waals surface area (Å²) in [5.41, 5.74) is 6.13. The van der Waals surface area contributed by atoms with Crippen molar-refractivity contribution < 1.29 is 0 Å². The van der Waals surface area contributed by atoms with Crippen LogP contribution in [-0.2, 0) is 0 Å². The van der Waals surface area contributed by atoms with Crippen molar-refractivity contribution in [3.05, 3.63) is 128 Å². The summed E-state index contributed by atoms with van der Waals surface area (Å²) in [5, 5.41) is 7.61. The van der Waals surface area contributed by atoms with Gasteiger partial charge in [-0.3, -0.25) is 0 Å². The Morgan fingerprint density at radius 1 is 0.457 bits per heavy atom. The zero-order valence-electron chi connectivity index (χ0n) is 19.1. The molecule has 0 aliphatic heterocycles. The number of hydrogen-bond donors (Lipinski definition) is 1. The summed E-state index contributed by atoms with van der Waals surface area (Å²) in [5.74, 6) is 0.887. The third kappa shape index (κ3) is 3.15. The first-order valence-electron chi connectivity index (χ1n) is 11.9. The minimum Gasteiger partial charge on any atom is -0.345 e. The van der Waals surface area contributed by atoms with Crippen LogP contribution in [0.5, 0.6) is 0 Å². The van der Waals surface area contributed by atoms with Crippen molar-refractivity contribution in [3.8, 4) is 33.6 Å². The molecule has 0 amide bonds. The molecule has 0 atom stereocenters. The maximum Gasteiger partial charge on any atom is 0.137 e. The van der Waals surface area contributed by atoms with Gasteiger partial charge in [-0.1, -0.05) is 115 Å². The minimum absolute atomic E-state index is 0.887. The number of fused-ring (bicyclic) bond motifs is 3. The number of rotatable bonds is 3. The first-order valence-corrected chi connectivity index (χ1v) is 11.9. The number of aromatic amines is 1. The van der Waals surface area contributed by atoms with Crippen LogP contribution in [-0.4, -0.2) is 9.97 Å². The molecule has 164 valence electrons. The summed E-state index contributed by atoms with van der Waals surface area (Å²) in [6.07, 6.45) is 3.65. The van der Waals surface area contributed by atoms with E-state index in [0.29, 0.717) is 0 Å². The largest absolute Gasteiger partial charge is 0.345 e. The molecule has 0 saturated heterocycles. The molecular weight excluding hydrogens is 424 g/mol. The molecule has 2 heteroatoms. The average Bonchev–Trinajstić information content (AvgIpc) is 3.47. The van der Waals surface area contributed by atoms with E-state index in [2.05, 4.69) is 125 Å². The van der Waals surface area contributed by atoms with Gasteiger partial charge in [0, 0.05) is 18.0 Å². The highest BCUT2D eigenvalue weighted by Crippen LogP contribution is 2.45. The third-order valence-electron chi connectivity index (χ3n) is 6.94. The van der Waals surface area contributed by atoms with Gasteiger partial charge in [0.1, 0.15) is 5.82 Å². The van der Waals surface area contributed by atoms with Gasteiger partial charge in [0.15, 0.2) is 0 Å². The molecule has 2 nitrogen and oxygen atoms in total. The van der Waals surface area contributed by atoms with Gasteiger partial charge in [-0.25, -0.2) is 4.98 Å². The molecule has 0 aliphatic carbocycles. The maximum atomic E-state index is 4.40. The Hall–Kier alpha value is -4.69. The molecule has 1 N–H and O–H groups in total. The van der Waals surface area contributed by atoms with Crippen molar-refractivity contribution in [2.75, 3.05) is 0 Å². The Bertz CT molecular complexity index is 1770. The Morgan fingerprint density at radius 2 is 1.00 bits per heavy atom. The van der Waals surface area contributed by atoms with Gasteiger partial charge < -0.3 is 4.98 Å². The Kier molecular flexibility index (Phi) is 4.49. The lowest BCUT2D eigenvalue weighted by Crippen LogP contribution is -1.91. The zero-order valence-corrected chi connectivity index (χ0v) is 19.1. The molecule has 0 bridgehead atoms. The quantitative estimate of drug-likeness (QED) is 0.270. The molecule has 6 aromatic carbocycles. The molecule has 0 unspecified atom stereocenters. The standard InChI is InChI=1S/C33H22N2/c1-2-10-25-22(8-1)9-7-15-26(25)32-29-13-5-3-11-27(29)31(28-12-4-6-14-30(28)32)23-16-18-24(19-17-23)33-34-20-21-35-33/h1-21H,(H,34,35). The predicted octanol–water partition coefficient (Wildman–Crippen LogP) is 8.87. The maximum absolute atomic E-state index is 4.40. The Morgan fingerprint density at radius 3 is 1.63 bits per heavy atom. The normalized spacial score (nSPS) is 11.4. The summed E-state index contributed by atoms with van der Waals surface area (Å²) >= 11 is 0. The lowest BCUT2D eigenvalue weighted by Gasteiger charge is -2.19. The van der Waals surface area contributed by atoms with Gasteiger partial charge >= 0.3 is 0 Å². The van der Waals surface area contributed by atoms with Crippen molar-refractivity contribution in [2.24, 2.45) is 0 Å². The van der Waals surface area contributed by atoms with Crippen molar-refractivity contribution in [1.29, 1.82) is 0 Å². The molecule has 0 aliphatic rings. The molecular formula is C33H22N2. The van der Waals surface area contributed by atoms with E-state index in [-0.39, 0.29) is 0 Å². The fourth-order valence-electron chi connectivity index (χ4n) is 5.39. The van der Waals surface area contributed by atoms with Crippen LogP contribution < -0.4 is 0 Å². The predicted molar refractivity (Wildman–Crippen MR) is 147 cm³/mol. The molecule has 0 saturated carbocycles. The van der Waals surface area contributed by atoms with Gasteiger partial charge in [-0.05, 0) is 54.6 Å². The average molecular weight is 447 g/mol. The molecule has 0 fully saturated rings. The minimum atomic E-state index is 0.887. The second kappa shape index (κ2) is 7.96. The number of nitrogens with zero attached hydrogens (tertiary/aromatic N) is 1. The molecule has 0 radical (unpaired) electrons. The number of nitrogens with one attached hydrogen (secondary N) is 1. The van der Waals surface area contributed by atoms with E-state index in [1.807, 2.05) is 6.20 Å². The molecule has 7 rings (SSSR count). The van der Waals surface area contributed by atoms with E-state index in [9.17, 15) is 0 Å². The van der Waals surface area contributed by atoms with E-state index in [1.54, 1.807) is 6.20 Å². The second-order valence-electron chi connectivity index (χ2n) is 8.88. The highest BCUT2D eigenvalue weighted by Gasteiger charge is 2.17. The topological polar surface area (TPSA) is 28.7 Å². The van der Waals surface area contributed by atoms with Crippen LogP contribution in [0.1, 0.15) is 0 Å². The first kappa shape index (κ1) is 19.7. The third-order valence-corrected chi connectivity index (χ3v) is 6.94. The Labute approximate surface area is 203 Å². The van der Waals surface area contributed by atoms with Crippen molar-refractivity contribution in [2.45, 2.75) is 0 Å². The van der Waals surface area contributed by atoms with Crippen molar-refractivity contribution >= 4 is 32.3 Å². The van der Waals surface area contributed by atoms with E-state index >= 15 is 0 Å². The van der Waals surface area contributed by atoms with Gasteiger partial charge in [0.2, 0.25) is 0 Å². The monoisotopic (exact) mass is 446 g/mol. The summed E-state index contributed by atoms with van der Waals surface area (Å²) in [7, 11) is 0. The van der Waals surface area contributed by atoms with Gasteiger partial charge in [-0.2, -0.15) is 0 Å². The molecule has 1 heterocycles. The van der Waals surface area contributed by atoms with Crippen LogP contribution in [0.3, 0.4) is 0 Å². The fraction of sp³-hybridized carbons (Fsp3) is 0. The lowest BCUT2D eigenvalue weighted by atomic mass is 9.84. The van der Waals surface area contributed by atoms with Crippen LogP contribution in [0.25, 0.3) is 66.0 Å². The van der Waals surface area contributed by atoms with Crippen LogP contribution in [0, 0.1) is 0 Å². The second-order valence-corrected chi connectivity index (χ2v) is 8.88. The highest BCUT2D eigenvalue weighted by molar-refractivity contribution is 6.23. The van der Waals surface area contributed by atoms with Crippen LogP contribution >= 0.6 is 0 Å². The fourth-order valence-corrected chi connectivity index (χ4v) is 5.39. The number of H-pyrrole nitrogens is 1.